The van der Waals surface area contributed by atoms with Crippen molar-refractivity contribution < 1.29 is 5.11 Å². The highest BCUT2D eigenvalue weighted by Crippen LogP contribution is 2.10. The van der Waals surface area contributed by atoms with Gasteiger partial charge in [0.15, 0.2) is 0 Å². The molecule has 0 saturated heterocycles. The van der Waals surface area contributed by atoms with Gasteiger partial charge in [-0.2, -0.15) is 5.26 Å². The molecule has 0 fully saturated rings. The zero-order valence-electron chi connectivity index (χ0n) is 7.04. The first kappa shape index (κ1) is 8.76. The molecule has 0 aliphatic rings. The van der Waals surface area contributed by atoms with Gasteiger partial charge in [-0.3, -0.25) is 0 Å². The van der Waals surface area contributed by atoms with E-state index >= 15 is 0 Å². The van der Waals surface area contributed by atoms with Gasteiger partial charge in [-0.25, -0.2) is 0 Å². The molecule has 1 N–H and O–H groups in total. The monoisotopic (exact) mass is 161 g/mol. The minimum absolute atomic E-state index is 0.159. The van der Waals surface area contributed by atoms with Crippen LogP contribution in [0.1, 0.15) is 16.7 Å². The van der Waals surface area contributed by atoms with Crippen LogP contribution in [0.2, 0.25) is 0 Å². The van der Waals surface area contributed by atoms with E-state index in [2.05, 4.69) is 6.07 Å². The summed E-state index contributed by atoms with van der Waals surface area (Å²) in [5.41, 5.74) is 2.86. The van der Waals surface area contributed by atoms with Crippen molar-refractivity contribution >= 4 is 0 Å². The van der Waals surface area contributed by atoms with Crippen molar-refractivity contribution in [3.63, 3.8) is 0 Å². The van der Waals surface area contributed by atoms with E-state index in [0.29, 0.717) is 12.0 Å². The fourth-order valence-electron chi connectivity index (χ4n) is 1.17. The lowest BCUT2D eigenvalue weighted by Crippen LogP contribution is -1.94. The Labute approximate surface area is 72.1 Å². The average molecular weight is 161 g/mol. The van der Waals surface area contributed by atoms with E-state index < -0.39 is 0 Å². The number of nitriles is 1. The zero-order chi connectivity index (χ0) is 8.97. The van der Waals surface area contributed by atoms with Crippen LogP contribution in [0.4, 0.5) is 0 Å². The molecule has 1 aromatic carbocycles. The van der Waals surface area contributed by atoms with E-state index in [-0.39, 0.29) is 6.61 Å². The van der Waals surface area contributed by atoms with Gasteiger partial charge in [-0.05, 0) is 36.6 Å². The Balaban J connectivity index is 2.97. The predicted molar refractivity (Wildman–Crippen MR) is 46.7 cm³/mol. The minimum atomic E-state index is 0.159. The minimum Gasteiger partial charge on any atom is -0.396 e. The second-order valence-corrected chi connectivity index (χ2v) is 2.73. The average Bonchev–Trinajstić information content (AvgIpc) is 2.09. The molecular weight excluding hydrogens is 150 g/mol. The first-order valence-corrected chi connectivity index (χ1v) is 3.88. The lowest BCUT2D eigenvalue weighted by molar-refractivity contribution is 0.299. The van der Waals surface area contributed by atoms with Crippen molar-refractivity contribution in [2.45, 2.75) is 13.3 Å². The van der Waals surface area contributed by atoms with Crippen molar-refractivity contribution in [2.24, 2.45) is 0 Å². The third-order valence-electron chi connectivity index (χ3n) is 1.85. The molecule has 0 bridgehead atoms. The van der Waals surface area contributed by atoms with Crippen LogP contribution in [0.3, 0.4) is 0 Å². The molecule has 0 aliphatic heterocycles. The van der Waals surface area contributed by atoms with Gasteiger partial charge < -0.3 is 5.11 Å². The summed E-state index contributed by atoms with van der Waals surface area (Å²) in [5.74, 6) is 0. The number of nitrogens with zero attached hydrogens (tertiary/aromatic N) is 1. The van der Waals surface area contributed by atoms with E-state index in [1.807, 2.05) is 19.1 Å². The molecule has 1 rings (SSSR count). The molecule has 2 nitrogen and oxygen atoms in total. The first-order chi connectivity index (χ1) is 5.77. The van der Waals surface area contributed by atoms with E-state index in [9.17, 15) is 0 Å². The number of benzene rings is 1. The Morgan fingerprint density at radius 3 is 2.75 bits per heavy atom. The number of aryl methyl sites for hydroxylation is 1. The molecule has 0 radical (unpaired) electrons. The summed E-state index contributed by atoms with van der Waals surface area (Å²) in [6.07, 6.45) is 0.664. The number of aliphatic hydroxyl groups excluding tert-OH is 1. The molecule has 12 heavy (non-hydrogen) atoms. The van der Waals surface area contributed by atoms with E-state index in [4.69, 9.17) is 10.4 Å². The molecule has 0 atom stereocenters. The van der Waals surface area contributed by atoms with E-state index in [0.717, 1.165) is 11.1 Å². The molecule has 0 amide bonds. The second kappa shape index (κ2) is 3.89. The van der Waals surface area contributed by atoms with Crippen LogP contribution in [-0.4, -0.2) is 11.7 Å². The number of hydrogen-bond acceptors (Lipinski definition) is 2. The Hall–Kier alpha value is -1.33. The summed E-state index contributed by atoms with van der Waals surface area (Å²) in [6, 6.07) is 7.58. The Morgan fingerprint density at radius 2 is 2.25 bits per heavy atom. The summed E-state index contributed by atoms with van der Waals surface area (Å²) >= 11 is 0. The third-order valence-corrected chi connectivity index (χ3v) is 1.85. The lowest BCUT2D eigenvalue weighted by atomic mass is 10.0. The number of aliphatic hydroxyl groups is 1. The quantitative estimate of drug-likeness (QED) is 0.712. The highest BCUT2D eigenvalue weighted by molar-refractivity contribution is 5.37. The van der Waals surface area contributed by atoms with Crippen LogP contribution in [0.5, 0.6) is 0 Å². The summed E-state index contributed by atoms with van der Waals surface area (Å²) in [6.45, 7) is 2.11. The van der Waals surface area contributed by atoms with Crippen molar-refractivity contribution in [1.82, 2.24) is 0 Å². The maximum atomic E-state index is 8.71. The van der Waals surface area contributed by atoms with Crippen LogP contribution in [0.15, 0.2) is 18.2 Å². The fourth-order valence-corrected chi connectivity index (χ4v) is 1.17. The maximum absolute atomic E-state index is 8.71. The van der Waals surface area contributed by atoms with Crippen molar-refractivity contribution in [3.05, 3.63) is 34.9 Å². The molecule has 0 heterocycles. The van der Waals surface area contributed by atoms with Gasteiger partial charge in [-0.15, -0.1) is 0 Å². The highest BCUT2D eigenvalue weighted by atomic mass is 16.2. The maximum Gasteiger partial charge on any atom is 0.0991 e. The topological polar surface area (TPSA) is 44.0 Å². The molecule has 0 unspecified atom stereocenters. The van der Waals surface area contributed by atoms with E-state index in [1.165, 1.54) is 0 Å². The SMILES string of the molecule is Cc1cc(C#N)ccc1CCO. The molecule has 0 spiro atoms. The second-order valence-electron chi connectivity index (χ2n) is 2.73. The molecule has 62 valence electrons. The number of rotatable bonds is 2. The highest BCUT2D eigenvalue weighted by Gasteiger charge is 1.98. The van der Waals surface area contributed by atoms with Crippen molar-refractivity contribution in [3.8, 4) is 6.07 Å². The summed E-state index contributed by atoms with van der Waals surface area (Å²) < 4.78 is 0. The van der Waals surface area contributed by atoms with E-state index in [1.54, 1.807) is 6.07 Å². The van der Waals surface area contributed by atoms with Gasteiger partial charge in [0.05, 0.1) is 11.6 Å². The smallest absolute Gasteiger partial charge is 0.0991 e. The van der Waals surface area contributed by atoms with Gasteiger partial charge in [0.1, 0.15) is 0 Å². The standard InChI is InChI=1S/C10H11NO/c1-8-6-9(7-11)2-3-10(8)4-5-12/h2-3,6,12H,4-5H2,1H3. The summed E-state index contributed by atoms with van der Waals surface area (Å²) in [4.78, 5) is 0. The number of hydrogen-bond donors (Lipinski definition) is 1. The molecule has 0 aliphatic carbocycles. The van der Waals surface area contributed by atoms with Gasteiger partial charge in [0.25, 0.3) is 0 Å². The Morgan fingerprint density at radius 1 is 1.50 bits per heavy atom. The Bertz CT molecular complexity index is 312. The molecule has 2 heteroatoms. The largest absolute Gasteiger partial charge is 0.396 e. The molecule has 1 aromatic rings. The molecule has 0 saturated carbocycles. The Kier molecular flexibility index (Phi) is 2.84. The predicted octanol–water partition coefficient (Wildman–Crippen LogP) is 1.40. The van der Waals surface area contributed by atoms with Gasteiger partial charge in [0.2, 0.25) is 0 Å². The van der Waals surface area contributed by atoms with Crippen LogP contribution < -0.4 is 0 Å². The van der Waals surface area contributed by atoms with Crippen LogP contribution >= 0.6 is 0 Å². The third kappa shape index (κ3) is 1.84. The fraction of sp³-hybridized carbons (Fsp3) is 0.300. The lowest BCUT2D eigenvalue weighted by Gasteiger charge is -2.02. The van der Waals surface area contributed by atoms with Crippen LogP contribution in [0, 0.1) is 18.3 Å². The van der Waals surface area contributed by atoms with Crippen LogP contribution in [-0.2, 0) is 6.42 Å². The van der Waals surface area contributed by atoms with Crippen molar-refractivity contribution in [2.75, 3.05) is 6.61 Å². The van der Waals surface area contributed by atoms with Gasteiger partial charge >= 0.3 is 0 Å². The summed E-state index contributed by atoms with van der Waals surface area (Å²) in [5, 5.41) is 17.3. The zero-order valence-corrected chi connectivity index (χ0v) is 7.04. The molecule has 0 aromatic heterocycles. The van der Waals surface area contributed by atoms with Gasteiger partial charge in [-0.1, -0.05) is 6.07 Å². The summed E-state index contributed by atoms with van der Waals surface area (Å²) in [7, 11) is 0. The molecular formula is C10H11NO. The normalized spacial score (nSPS) is 9.42. The van der Waals surface area contributed by atoms with Gasteiger partial charge in [0, 0.05) is 6.61 Å². The van der Waals surface area contributed by atoms with Crippen LogP contribution in [0.25, 0.3) is 0 Å². The van der Waals surface area contributed by atoms with Crippen molar-refractivity contribution in [1.29, 1.82) is 5.26 Å². The first-order valence-electron chi connectivity index (χ1n) is 3.88.